The molecule has 5 N–H and O–H groups in total. The Morgan fingerprint density at radius 3 is 2.67 bits per heavy atom. The second-order valence-electron chi connectivity index (χ2n) is 4.02. The molecule has 0 bridgehead atoms. The predicted molar refractivity (Wildman–Crippen MR) is 68.5 cm³/mol. The lowest BCUT2D eigenvalue weighted by atomic mass is 10.2. The Hall–Kier alpha value is -2.50. The molecular formula is C12H14N4O2. The van der Waals surface area contributed by atoms with Crippen molar-refractivity contribution in [3.05, 3.63) is 35.4 Å². The summed E-state index contributed by atoms with van der Waals surface area (Å²) in [5.41, 5.74) is 13.7. The van der Waals surface area contributed by atoms with Crippen LogP contribution in [-0.2, 0) is 11.2 Å². The van der Waals surface area contributed by atoms with Gasteiger partial charge >= 0.3 is 5.97 Å². The molecule has 1 heterocycles. The van der Waals surface area contributed by atoms with Crippen LogP contribution in [0.3, 0.4) is 0 Å². The number of aliphatic carboxylic acids is 1. The van der Waals surface area contributed by atoms with Crippen LogP contribution in [0.2, 0.25) is 0 Å². The minimum atomic E-state index is -0.988. The fourth-order valence-corrected chi connectivity index (χ4v) is 1.80. The topological polar surface area (TPSA) is 107 Å². The van der Waals surface area contributed by atoms with E-state index in [0.29, 0.717) is 5.56 Å². The van der Waals surface area contributed by atoms with Crippen LogP contribution in [0, 0.1) is 6.92 Å². The molecule has 18 heavy (non-hydrogen) atoms. The van der Waals surface area contributed by atoms with Gasteiger partial charge < -0.3 is 16.6 Å². The highest BCUT2D eigenvalue weighted by molar-refractivity contribution is 5.75. The summed E-state index contributed by atoms with van der Waals surface area (Å²) in [7, 11) is 0. The Kier molecular flexibility index (Phi) is 2.93. The first-order chi connectivity index (χ1) is 8.50. The van der Waals surface area contributed by atoms with E-state index in [1.165, 1.54) is 4.68 Å². The fraction of sp³-hybridized carbons (Fsp3) is 0.167. The molecule has 0 atom stereocenters. The average Bonchev–Trinajstić information content (AvgIpc) is 2.57. The van der Waals surface area contributed by atoms with E-state index in [0.717, 1.165) is 11.3 Å². The number of rotatable bonds is 3. The first-order valence-corrected chi connectivity index (χ1v) is 5.41. The van der Waals surface area contributed by atoms with Gasteiger partial charge in [0.25, 0.3) is 0 Å². The van der Waals surface area contributed by atoms with Gasteiger partial charge in [-0.05, 0) is 18.6 Å². The summed E-state index contributed by atoms with van der Waals surface area (Å²) < 4.78 is 1.48. The highest BCUT2D eigenvalue weighted by Gasteiger charge is 2.17. The van der Waals surface area contributed by atoms with Crippen molar-refractivity contribution in [2.75, 3.05) is 11.5 Å². The number of hydrogen-bond donors (Lipinski definition) is 3. The Morgan fingerprint density at radius 2 is 2.06 bits per heavy atom. The van der Waals surface area contributed by atoms with Gasteiger partial charge in [0, 0.05) is 5.56 Å². The molecule has 0 fully saturated rings. The number of aromatic nitrogens is 2. The van der Waals surface area contributed by atoms with E-state index in [-0.39, 0.29) is 18.1 Å². The lowest BCUT2D eigenvalue weighted by molar-refractivity contribution is -0.136. The van der Waals surface area contributed by atoms with E-state index < -0.39 is 5.97 Å². The molecular weight excluding hydrogens is 232 g/mol. The van der Waals surface area contributed by atoms with Crippen molar-refractivity contribution < 1.29 is 9.90 Å². The quantitative estimate of drug-likeness (QED) is 0.748. The standard InChI is InChI=1S/C12H14N4O2/c1-7-4-2-3-5-9(7)16-12(14)8(6-10(17)18)11(13)15-16/h2-5H,6,14H2,1H3,(H2,13,15)(H,17,18). The third-order valence-electron chi connectivity index (χ3n) is 2.73. The summed E-state index contributed by atoms with van der Waals surface area (Å²) in [6.45, 7) is 1.92. The van der Waals surface area contributed by atoms with E-state index in [9.17, 15) is 4.79 Å². The summed E-state index contributed by atoms with van der Waals surface area (Å²) in [5.74, 6) is -0.569. The van der Waals surface area contributed by atoms with E-state index in [1.807, 2.05) is 31.2 Å². The molecule has 2 rings (SSSR count). The molecule has 0 spiro atoms. The zero-order valence-electron chi connectivity index (χ0n) is 9.92. The monoisotopic (exact) mass is 246 g/mol. The van der Waals surface area contributed by atoms with Gasteiger partial charge in [0.2, 0.25) is 0 Å². The van der Waals surface area contributed by atoms with Crippen LogP contribution in [0.5, 0.6) is 0 Å². The fourth-order valence-electron chi connectivity index (χ4n) is 1.80. The number of nitrogens with zero attached hydrogens (tertiary/aromatic N) is 2. The Bertz CT molecular complexity index is 604. The number of hydrogen-bond acceptors (Lipinski definition) is 4. The van der Waals surface area contributed by atoms with Gasteiger partial charge in [-0.3, -0.25) is 4.79 Å². The molecule has 0 aliphatic heterocycles. The maximum atomic E-state index is 10.7. The molecule has 0 saturated carbocycles. The molecule has 1 aromatic heterocycles. The molecule has 6 nitrogen and oxygen atoms in total. The van der Waals surface area contributed by atoms with Gasteiger partial charge in [0.15, 0.2) is 5.82 Å². The van der Waals surface area contributed by atoms with E-state index >= 15 is 0 Å². The van der Waals surface area contributed by atoms with Crippen molar-refractivity contribution in [3.8, 4) is 5.69 Å². The minimum Gasteiger partial charge on any atom is -0.481 e. The van der Waals surface area contributed by atoms with Gasteiger partial charge in [-0.15, -0.1) is 5.10 Å². The molecule has 0 saturated heterocycles. The Balaban J connectivity index is 2.54. The maximum absolute atomic E-state index is 10.7. The van der Waals surface area contributed by atoms with Crippen LogP contribution in [0.15, 0.2) is 24.3 Å². The lowest BCUT2D eigenvalue weighted by Crippen LogP contribution is -2.07. The summed E-state index contributed by atoms with van der Waals surface area (Å²) in [5, 5.41) is 12.9. The molecule has 2 aromatic rings. The molecule has 94 valence electrons. The summed E-state index contributed by atoms with van der Waals surface area (Å²) in [6, 6.07) is 7.53. The number of anilines is 2. The number of nitrogen functional groups attached to an aromatic ring is 2. The van der Waals surface area contributed by atoms with Crippen LogP contribution in [0.4, 0.5) is 11.6 Å². The normalized spacial score (nSPS) is 10.5. The molecule has 0 aliphatic rings. The predicted octanol–water partition coefficient (Wildman–Crippen LogP) is 0.972. The van der Waals surface area contributed by atoms with Crippen molar-refractivity contribution in [2.45, 2.75) is 13.3 Å². The highest BCUT2D eigenvalue weighted by Crippen LogP contribution is 2.24. The van der Waals surface area contributed by atoms with Gasteiger partial charge in [-0.1, -0.05) is 18.2 Å². The molecule has 6 heteroatoms. The van der Waals surface area contributed by atoms with Gasteiger partial charge in [-0.25, -0.2) is 4.68 Å². The highest BCUT2D eigenvalue weighted by atomic mass is 16.4. The zero-order chi connectivity index (χ0) is 13.3. The number of carboxylic acids is 1. The molecule has 0 unspecified atom stereocenters. The minimum absolute atomic E-state index is 0.151. The lowest BCUT2D eigenvalue weighted by Gasteiger charge is -2.07. The van der Waals surface area contributed by atoms with Crippen molar-refractivity contribution >= 4 is 17.6 Å². The first-order valence-electron chi connectivity index (χ1n) is 5.41. The second kappa shape index (κ2) is 4.40. The number of aryl methyl sites for hydroxylation is 1. The molecule has 0 aliphatic carbocycles. The number of benzene rings is 1. The molecule has 0 radical (unpaired) electrons. The second-order valence-corrected chi connectivity index (χ2v) is 4.02. The van der Waals surface area contributed by atoms with Crippen LogP contribution in [0.1, 0.15) is 11.1 Å². The van der Waals surface area contributed by atoms with E-state index in [4.69, 9.17) is 16.6 Å². The largest absolute Gasteiger partial charge is 0.481 e. The molecule has 0 amide bonds. The van der Waals surface area contributed by atoms with Crippen molar-refractivity contribution in [1.29, 1.82) is 0 Å². The number of para-hydroxylation sites is 1. The van der Waals surface area contributed by atoms with Crippen molar-refractivity contribution in [1.82, 2.24) is 9.78 Å². The molecule has 1 aromatic carbocycles. The van der Waals surface area contributed by atoms with E-state index in [2.05, 4.69) is 5.10 Å². The van der Waals surface area contributed by atoms with Gasteiger partial charge in [0.05, 0.1) is 12.1 Å². The summed E-state index contributed by atoms with van der Waals surface area (Å²) >= 11 is 0. The number of carbonyl (C=O) groups is 1. The number of carboxylic acid groups (broad SMARTS) is 1. The Labute approximate surface area is 104 Å². The van der Waals surface area contributed by atoms with Gasteiger partial charge in [-0.2, -0.15) is 0 Å². The van der Waals surface area contributed by atoms with Crippen molar-refractivity contribution in [2.24, 2.45) is 0 Å². The van der Waals surface area contributed by atoms with Crippen LogP contribution < -0.4 is 11.5 Å². The number of nitrogens with two attached hydrogens (primary N) is 2. The van der Waals surface area contributed by atoms with Crippen LogP contribution >= 0.6 is 0 Å². The van der Waals surface area contributed by atoms with Crippen molar-refractivity contribution in [3.63, 3.8) is 0 Å². The third-order valence-corrected chi connectivity index (χ3v) is 2.73. The van der Waals surface area contributed by atoms with Gasteiger partial charge in [0.1, 0.15) is 5.82 Å². The third kappa shape index (κ3) is 2.00. The Morgan fingerprint density at radius 1 is 1.39 bits per heavy atom. The summed E-state index contributed by atoms with van der Waals surface area (Å²) in [6.07, 6.45) is -0.233. The van der Waals surface area contributed by atoms with Crippen LogP contribution in [-0.4, -0.2) is 20.9 Å². The summed E-state index contributed by atoms with van der Waals surface area (Å²) in [4.78, 5) is 10.7. The van der Waals surface area contributed by atoms with Crippen LogP contribution in [0.25, 0.3) is 5.69 Å². The van der Waals surface area contributed by atoms with E-state index in [1.54, 1.807) is 0 Å². The first kappa shape index (κ1) is 12.0. The SMILES string of the molecule is Cc1ccccc1-n1nc(N)c(CC(=O)O)c1N. The smallest absolute Gasteiger partial charge is 0.308 e. The maximum Gasteiger partial charge on any atom is 0.308 e. The zero-order valence-corrected chi connectivity index (χ0v) is 9.92. The average molecular weight is 246 g/mol.